The molecule has 1 saturated heterocycles. The van der Waals surface area contributed by atoms with Crippen LogP contribution in [0.4, 0.5) is 5.69 Å². The molecule has 4 rings (SSSR count). The fourth-order valence-corrected chi connectivity index (χ4v) is 4.11. The van der Waals surface area contributed by atoms with E-state index in [9.17, 15) is 14.4 Å². The number of carbonyl (C=O) groups excluding carboxylic acids is 3. The predicted molar refractivity (Wildman–Crippen MR) is 133 cm³/mol. The minimum Gasteiger partial charge on any atom is -0.496 e. The lowest BCUT2D eigenvalue weighted by Crippen LogP contribution is -2.41. The largest absolute Gasteiger partial charge is 0.496 e. The van der Waals surface area contributed by atoms with Gasteiger partial charge in [0.25, 0.3) is 11.8 Å². The van der Waals surface area contributed by atoms with Crippen molar-refractivity contribution >= 4 is 35.1 Å². The summed E-state index contributed by atoms with van der Waals surface area (Å²) in [6, 6.07) is 20.5. The first-order valence-corrected chi connectivity index (χ1v) is 11.6. The highest BCUT2D eigenvalue weighted by molar-refractivity contribution is 6.31. The maximum Gasteiger partial charge on any atom is 0.314 e. The van der Waals surface area contributed by atoms with Crippen LogP contribution in [0.15, 0.2) is 72.8 Å². The normalized spacial score (nSPS) is 13.7. The minimum absolute atomic E-state index is 0.177. The molecule has 0 aliphatic carbocycles. The van der Waals surface area contributed by atoms with Gasteiger partial charge < -0.3 is 19.7 Å². The molecule has 1 N–H and O–H groups in total. The average Bonchev–Trinajstić information content (AvgIpc) is 2.90. The summed E-state index contributed by atoms with van der Waals surface area (Å²) in [5.74, 6) is -0.174. The second-order valence-corrected chi connectivity index (χ2v) is 8.61. The fraction of sp³-hybridized carbons (Fsp3) is 0.222. The van der Waals surface area contributed by atoms with Crippen molar-refractivity contribution in [2.24, 2.45) is 5.92 Å². The van der Waals surface area contributed by atoms with E-state index < -0.39 is 0 Å². The van der Waals surface area contributed by atoms with Crippen LogP contribution in [0.2, 0.25) is 5.02 Å². The van der Waals surface area contributed by atoms with Crippen LogP contribution < -0.4 is 14.8 Å². The average molecular weight is 493 g/mol. The Morgan fingerprint density at radius 1 is 0.943 bits per heavy atom. The highest BCUT2D eigenvalue weighted by atomic mass is 35.5. The first-order valence-electron chi connectivity index (χ1n) is 11.3. The number of rotatable bonds is 6. The van der Waals surface area contributed by atoms with E-state index >= 15 is 0 Å². The summed E-state index contributed by atoms with van der Waals surface area (Å²) in [4.78, 5) is 39.6. The van der Waals surface area contributed by atoms with Crippen molar-refractivity contribution in [2.75, 3.05) is 25.5 Å². The summed E-state index contributed by atoms with van der Waals surface area (Å²) in [6.07, 6.45) is 0.997. The zero-order valence-electron chi connectivity index (χ0n) is 19.2. The Balaban J connectivity index is 1.29. The van der Waals surface area contributed by atoms with E-state index in [-0.39, 0.29) is 23.7 Å². The molecular weight excluding hydrogens is 468 g/mol. The SMILES string of the molecule is COc1ccc(Cl)cc1C(=O)N1CCC(C(=O)Oc2ccc(NC(=O)c3ccccc3)cc2)CC1. The Morgan fingerprint density at radius 3 is 2.29 bits per heavy atom. The highest BCUT2D eigenvalue weighted by Crippen LogP contribution is 2.27. The third-order valence-corrected chi connectivity index (χ3v) is 6.11. The quantitative estimate of drug-likeness (QED) is 0.384. The van der Waals surface area contributed by atoms with Gasteiger partial charge in [-0.2, -0.15) is 0 Å². The molecule has 1 aliphatic heterocycles. The Morgan fingerprint density at radius 2 is 1.63 bits per heavy atom. The van der Waals surface area contributed by atoms with E-state index in [0.717, 1.165) is 0 Å². The van der Waals surface area contributed by atoms with E-state index in [0.29, 0.717) is 59.3 Å². The number of likely N-dealkylation sites (tertiary alicyclic amines) is 1. The zero-order chi connectivity index (χ0) is 24.8. The topological polar surface area (TPSA) is 84.9 Å². The van der Waals surface area contributed by atoms with Crippen LogP contribution >= 0.6 is 11.6 Å². The first-order chi connectivity index (χ1) is 16.9. The number of piperidine rings is 1. The molecule has 1 fully saturated rings. The number of hydrogen-bond donors (Lipinski definition) is 1. The molecular formula is C27H25ClN2O5. The van der Waals surface area contributed by atoms with Crippen LogP contribution in [-0.4, -0.2) is 42.9 Å². The van der Waals surface area contributed by atoms with Gasteiger partial charge in [0.05, 0.1) is 18.6 Å². The van der Waals surface area contributed by atoms with Crippen molar-refractivity contribution in [1.29, 1.82) is 0 Å². The van der Waals surface area contributed by atoms with Crippen molar-refractivity contribution in [2.45, 2.75) is 12.8 Å². The van der Waals surface area contributed by atoms with Crippen molar-refractivity contribution in [3.05, 3.63) is 88.9 Å². The fourth-order valence-electron chi connectivity index (χ4n) is 3.93. The monoisotopic (exact) mass is 492 g/mol. The molecule has 0 radical (unpaired) electrons. The minimum atomic E-state index is -0.335. The van der Waals surface area contributed by atoms with E-state index in [2.05, 4.69) is 5.32 Å². The molecule has 7 nitrogen and oxygen atoms in total. The Bertz CT molecular complexity index is 1210. The number of hydrogen-bond acceptors (Lipinski definition) is 5. The molecule has 8 heteroatoms. The van der Waals surface area contributed by atoms with Gasteiger partial charge in [0.1, 0.15) is 11.5 Å². The van der Waals surface area contributed by atoms with Crippen molar-refractivity contribution in [3.8, 4) is 11.5 Å². The molecule has 0 unspecified atom stereocenters. The third kappa shape index (κ3) is 6.00. The molecule has 3 aromatic rings. The summed E-state index contributed by atoms with van der Waals surface area (Å²) < 4.78 is 10.8. The molecule has 3 aromatic carbocycles. The second kappa shape index (κ2) is 11.1. The molecule has 35 heavy (non-hydrogen) atoms. The van der Waals surface area contributed by atoms with Gasteiger partial charge in [0.15, 0.2) is 0 Å². The molecule has 0 saturated carbocycles. The first kappa shape index (κ1) is 24.3. The van der Waals surface area contributed by atoms with E-state index in [4.69, 9.17) is 21.1 Å². The van der Waals surface area contributed by atoms with E-state index in [1.807, 2.05) is 6.07 Å². The molecule has 180 valence electrons. The van der Waals surface area contributed by atoms with E-state index in [1.54, 1.807) is 71.6 Å². The van der Waals surface area contributed by atoms with Gasteiger partial charge in [0, 0.05) is 29.4 Å². The lowest BCUT2D eigenvalue weighted by Gasteiger charge is -2.31. The molecule has 0 bridgehead atoms. The smallest absolute Gasteiger partial charge is 0.314 e. The molecule has 1 aliphatic rings. The predicted octanol–water partition coefficient (Wildman–Crippen LogP) is 5.06. The number of ether oxygens (including phenoxy) is 2. The number of nitrogens with one attached hydrogen (secondary N) is 1. The lowest BCUT2D eigenvalue weighted by molar-refractivity contribution is -0.140. The van der Waals surface area contributed by atoms with E-state index in [1.165, 1.54) is 7.11 Å². The van der Waals surface area contributed by atoms with Crippen LogP contribution in [0, 0.1) is 5.92 Å². The molecule has 0 atom stereocenters. The molecule has 1 heterocycles. The highest BCUT2D eigenvalue weighted by Gasteiger charge is 2.30. The van der Waals surface area contributed by atoms with Crippen molar-refractivity contribution in [3.63, 3.8) is 0 Å². The summed E-state index contributed by atoms with van der Waals surface area (Å²) >= 11 is 6.05. The van der Waals surface area contributed by atoms with Gasteiger partial charge in [0.2, 0.25) is 0 Å². The van der Waals surface area contributed by atoms with Crippen molar-refractivity contribution in [1.82, 2.24) is 4.90 Å². The molecule has 0 spiro atoms. The third-order valence-electron chi connectivity index (χ3n) is 5.87. The number of amides is 2. The standard InChI is InChI=1S/C27H25ClN2O5/c1-34-24-12-7-20(28)17-23(24)26(32)30-15-13-19(14-16-30)27(33)35-22-10-8-21(9-11-22)29-25(31)18-5-3-2-4-6-18/h2-12,17,19H,13-16H2,1H3,(H,29,31). The Labute approximate surface area is 208 Å². The van der Waals surface area contributed by atoms with Gasteiger partial charge >= 0.3 is 5.97 Å². The van der Waals surface area contributed by atoms with Gasteiger partial charge in [-0.3, -0.25) is 14.4 Å². The van der Waals surface area contributed by atoms with Crippen LogP contribution in [0.1, 0.15) is 33.6 Å². The number of methoxy groups -OCH3 is 1. The Hall–Kier alpha value is -3.84. The summed E-state index contributed by atoms with van der Waals surface area (Å²) in [7, 11) is 1.51. The zero-order valence-corrected chi connectivity index (χ0v) is 20.0. The molecule has 0 aromatic heterocycles. The van der Waals surface area contributed by atoms with Gasteiger partial charge in [-0.1, -0.05) is 29.8 Å². The Kier molecular flexibility index (Phi) is 7.67. The van der Waals surface area contributed by atoms with Crippen molar-refractivity contribution < 1.29 is 23.9 Å². The number of halogens is 1. The number of benzene rings is 3. The van der Waals surface area contributed by atoms with Gasteiger partial charge in [-0.15, -0.1) is 0 Å². The van der Waals surface area contributed by atoms with Crippen LogP contribution in [0.25, 0.3) is 0 Å². The summed E-state index contributed by atoms with van der Waals surface area (Å²) in [5.41, 5.74) is 1.56. The molecule has 2 amide bonds. The maximum atomic E-state index is 12.9. The van der Waals surface area contributed by atoms with Crippen LogP contribution in [0.5, 0.6) is 11.5 Å². The number of anilines is 1. The summed E-state index contributed by atoms with van der Waals surface area (Å²) in [6.45, 7) is 0.859. The second-order valence-electron chi connectivity index (χ2n) is 8.18. The number of esters is 1. The van der Waals surface area contributed by atoms with Gasteiger partial charge in [-0.05, 0) is 67.4 Å². The summed E-state index contributed by atoms with van der Waals surface area (Å²) in [5, 5.41) is 3.27. The maximum absolute atomic E-state index is 12.9. The van der Waals surface area contributed by atoms with Gasteiger partial charge in [-0.25, -0.2) is 0 Å². The lowest BCUT2D eigenvalue weighted by atomic mass is 9.96. The van der Waals surface area contributed by atoms with Crippen LogP contribution in [0.3, 0.4) is 0 Å². The van der Waals surface area contributed by atoms with Crippen LogP contribution in [-0.2, 0) is 4.79 Å². The number of carbonyl (C=O) groups is 3. The number of nitrogens with zero attached hydrogens (tertiary/aromatic N) is 1.